The van der Waals surface area contributed by atoms with Crippen LogP contribution >= 0.6 is 0 Å². The van der Waals surface area contributed by atoms with Gasteiger partial charge in [-0.3, -0.25) is 0 Å². The molecule has 0 radical (unpaired) electrons. The number of aromatic nitrogens is 1. The van der Waals surface area contributed by atoms with E-state index < -0.39 is 0 Å². The first-order chi connectivity index (χ1) is 13.1. The molecular weight excluding hydrogens is 344 g/mol. The standard InChI is InChI=1S/C23H17F2NO/c1-14-20(13-27)19-12-17(24)10-11-22(19)26-23(14)16-8-6-15(7-9-16)18-4-2-3-5-21(18)25/h2-12,27H,13H2,1H3. The molecule has 0 saturated heterocycles. The Hall–Kier alpha value is -3.11. The van der Waals surface area contributed by atoms with E-state index in [9.17, 15) is 13.9 Å². The third-order valence-corrected chi connectivity index (χ3v) is 4.83. The number of aliphatic hydroxyl groups excluding tert-OH is 1. The van der Waals surface area contributed by atoms with E-state index in [4.69, 9.17) is 0 Å². The van der Waals surface area contributed by atoms with Gasteiger partial charge in [0, 0.05) is 16.5 Å². The minimum absolute atomic E-state index is 0.200. The SMILES string of the molecule is Cc1c(-c2ccc(-c3ccccc3F)cc2)nc2ccc(F)cc2c1CO. The fourth-order valence-corrected chi connectivity index (χ4v) is 3.38. The van der Waals surface area contributed by atoms with Crippen LogP contribution in [0.15, 0.2) is 66.7 Å². The quantitative estimate of drug-likeness (QED) is 0.512. The summed E-state index contributed by atoms with van der Waals surface area (Å²) in [7, 11) is 0. The Morgan fingerprint density at radius 1 is 0.889 bits per heavy atom. The zero-order valence-corrected chi connectivity index (χ0v) is 14.7. The lowest BCUT2D eigenvalue weighted by Crippen LogP contribution is -1.99. The topological polar surface area (TPSA) is 33.1 Å². The van der Waals surface area contributed by atoms with Crippen LogP contribution in [0.1, 0.15) is 11.1 Å². The van der Waals surface area contributed by atoms with Crippen LogP contribution in [0, 0.1) is 18.6 Å². The molecule has 4 aromatic rings. The van der Waals surface area contributed by atoms with Gasteiger partial charge in [-0.25, -0.2) is 13.8 Å². The van der Waals surface area contributed by atoms with Crippen LogP contribution < -0.4 is 0 Å². The Morgan fingerprint density at radius 3 is 2.30 bits per heavy atom. The lowest BCUT2D eigenvalue weighted by atomic mass is 9.96. The van der Waals surface area contributed by atoms with Crippen molar-refractivity contribution in [1.29, 1.82) is 0 Å². The van der Waals surface area contributed by atoms with E-state index >= 15 is 0 Å². The van der Waals surface area contributed by atoms with Crippen LogP contribution in [0.25, 0.3) is 33.3 Å². The maximum Gasteiger partial charge on any atom is 0.131 e. The first kappa shape index (κ1) is 17.3. The second-order valence-electron chi connectivity index (χ2n) is 6.44. The highest BCUT2D eigenvalue weighted by molar-refractivity contribution is 5.87. The largest absolute Gasteiger partial charge is 0.392 e. The molecule has 0 aliphatic carbocycles. The van der Waals surface area contributed by atoms with Gasteiger partial charge in [0.25, 0.3) is 0 Å². The van der Waals surface area contributed by atoms with Gasteiger partial charge in [0.15, 0.2) is 0 Å². The number of halogens is 2. The lowest BCUT2D eigenvalue weighted by Gasteiger charge is -2.14. The molecule has 1 aromatic heterocycles. The Kier molecular flexibility index (Phi) is 4.42. The molecule has 134 valence electrons. The molecule has 0 spiro atoms. The summed E-state index contributed by atoms with van der Waals surface area (Å²) in [5.41, 5.74) is 4.98. The van der Waals surface area contributed by atoms with Crippen LogP contribution in [0.2, 0.25) is 0 Å². The average molecular weight is 361 g/mol. The fourth-order valence-electron chi connectivity index (χ4n) is 3.38. The minimum atomic E-state index is -0.361. The van der Waals surface area contributed by atoms with Crippen molar-refractivity contribution in [2.45, 2.75) is 13.5 Å². The predicted octanol–water partition coefficient (Wildman–Crippen LogP) is 5.65. The molecule has 0 bridgehead atoms. The van der Waals surface area contributed by atoms with Crippen LogP contribution in [0.5, 0.6) is 0 Å². The van der Waals surface area contributed by atoms with Crippen LogP contribution in [-0.2, 0) is 6.61 Å². The van der Waals surface area contributed by atoms with E-state index in [2.05, 4.69) is 4.98 Å². The molecular formula is C23H17F2NO. The van der Waals surface area contributed by atoms with Crippen LogP contribution in [0.4, 0.5) is 8.78 Å². The summed E-state index contributed by atoms with van der Waals surface area (Å²) in [6.45, 7) is 1.66. The van der Waals surface area contributed by atoms with Crippen molar-refractivity contribution in [3.63, 3.8) is 0 Å². The summed E-state index contributed by atoms with van der Waals surface area (Å²) in [6.07, 6.45) is 0. The van der Waals surface area contributed by atoms with E-state index in [0.717, 1.165) is 22.4 Å². The maximum atomic E-state index is 14.0. The molecule has 0 aliphatic rings. The predicted molar refractivity (Wildman–Crippen MR) is 103 cm³/mol. The van der Waals surface area contributed by atoms with E-state index in [-0.39, 0.29) is 18.2 Å². The van der Waals surface area contributed by atoms with E-state index in [0.29, 0.717) is 22.0 Å². The van der Waals surface area contributed by atoms with Gasteiger partial charge in [-0.15, -0.1) is 0 Å². The molecule has 0 unspecified atom stereocenters. The smallest absolute Gasteiger partial charge is 0.131 e. The third-order valence-electron chi connectivity index (χ3n) is 4.83. The zero-order valence-electron chi connectivity index (χ0n) is 14.7. The van der Waals surface area contributed by atoms with Gasteiger partial charge in [-0.05, 0) is 47.9 Å². The Balaban J connectivity index is 1.84. The molecule has 0 amide bonds. The molecule has 0 fully saturated rings. The zero-order chi connectivity index (χ0) is 19.0. The summed E-state index contributed by atoms with van der Waals surface area (Å²) in [6, 6.07) is 18.5. The number of nitrogens with zero attached hydrogens (tertiary/aromatic N) is 1. The van der Waals surface area contributed by atoms with Gasteiger partial charge in [-0.1, -0.05) is 42.5 Å². The molecule has 2 nitrogen and oxygen atoms in total. The number of benzene rings is 3. The molecule has 0 saturated carbocycles. The van der Waals surface area contributed by atoms with E-state index in [1.807, 2.05) is 31.2 Å². The first-order valence-corrected chi connectivity index (χ1v) is 8.63. The van der Waals surface area contributed by atoms with Crippen molar-refractivity contribution >= 4 is 10.9 Å². The highest BCUT2D eigenvalue weighted by atomic mass is 19.1. The Morgan fingerprint density at radius 2 is 1.59 bits per heavy atom. The number of aliphatic hydroxyl groups is 1. The monoisotopic (exact) mass is 361 g/mol. The van der Waals surface area contributed by atoms with Crippen molar-refractivity contribution in [1.82, 2.24) is 4.98 Å². The van der Waals surface area contributed by atoms with E-state index in [1.54, 1.807) is 24.3 Å². The number of fused-ring (bicyclic) bond motifs is 1. The van der Waals surface area contributed by atoms with Gasteiger partial charge < -0.3 is 5.11 Å². The lowest BCUT2D eigenvalue weighted by molar-refractivity contribution is 0.282. The molecule has 0 aliphatic heterocycles. The molecule has 1 N–H and O–H groups in total. The Bertz CT molecular complexity index is 1140. The van der Waals surface area contributed by atoms with Crippen molar-refractivity contribution in [3.8, 4) is 22.4 Å². The van der Waals surface area contributed by atoms with Crippen molar-refractivity contribution in [2.24, 2.45) is 0 Å². The third kappa shape index (κ3) is 3.09. The highest BCUT2D eigenvalue weighted by Gasteiger charge is 2.14. The summed E-state index contributed by atoms with van der Waals surface area (Å²) < 4.78 is 27.6. The second kappa shape index (κ2) is 6.89. The molecule has 4 rings (SSSR count). The minimum Gasteiger partial charge on any atom is -0.392 e. The van der Waals surface area contributed by atoms with Gasteiger partial charge in [0.05, 0.1) is 17.8 Å². The molecule has 1 heterocycles. The normalized spacial score (nSPS) is 11.1. The maximum absolute atomic E-state index is 14.0. The van der Waals surface area contributed by atoms with Crippen molar-refractivity contribution < 1.29 is 13.9 Å². The van der Waals surface area contributed by atoms with Gasteiger partial charge in [-0.2, -0.15) is 0 Å². The number of pyridine rings is 1. The molecule has 0 atom stereocenters. The van der Waals surface area contributed by atoms with Crippen molar-refractivity contribution in [2.75, 3.05) is 0 Å². The Labute approximate surface area is 155 Å². The fraction of sp³-hybridized carbons (Fsp3) is 0.0870. The summed E-state index contributed by atoms with van der Waals surface area (Å²) in [5, 5.41) is 10.4. The molecule has 3 aromatic carbocycles. The first-order valence-electron chi connectivity index (χ1n) is 8.63. The second-order valence-corrected chi connectivity index (χ2v) is 6.44. The van der Waals surface area contributed by atoms with Gasteiger partial charge in [0.2, 0.25) is 0 Å². The number of hydrogen-bond donors (Lipinski definition) is 1. The highest BCUT2D eigenvalue weighted by Crippen LogP contribution is 2.32. The van der Waals surface area contributed by atoms with Gasteiger partial charge in [0.1, 0.15) is 11.6 Å². The number of rotatable bonds is 3. The number of hydrogen-bond acceptors (Lipinski definition) is 2. The summed E-state index contributed by atoms with van der Waals surface area (Å²) in [5.74, 6) is -0.629. The van der Waals surface area contributed by atoms with Crippen LogP contribution in [-0.4, -0.2) is 10.1 Å². The molecule has 4 heteroatoms. The summed E-state index contributed by atoms with van der Waals surface area (Å²) in [4.78, 5) is 4.66. The van der Waals surface area contributed by atoms with Crippen LogP contribution in [0.3, 0.4) is 0 Å². The van der Waals surface area contributed by atoms with Crippen molar-refractivity contribution in [3.05, 3.63) is 89.5 Å². The summed E-state index contributed by atoms with van der Waals surface area (Å²) >= 11 is 0. The van der Waals surface area contributed by atoms with E-state index in [1.165, 1.54) is 18.2 Å². The average Bonchev–Trinajstić information content (AvgIpc) is 2.68. The van der Waals surface area contributed by atoms with Gasteiger partial charge >= 0.3 is 0 Å². The molecule has 27 heavy (non-hydrogen) atoms.